The zero-order valence-corrected chi connectivity index (χ0v) is 13.6. The van der Waals surface area contributed by atoms with Gasteiger partial charge in [-0.05, 0) is 32.4 Å². The van der Waals surface area contributed by atoms with Crippen LogP contribution in [0.4, 0.5) is 0 Å². The minimum Gasteiger partial charge on any atom is -0.340 e. The van der Waals surface area contributed by atoms with Gasteiger partial charge in [0.25, 0.3) is 0 Å². The Kier molecular flexibility index (Phi) is 4.99. The third-order valence-electron chi connectivity index (χ3n) is 4.77. The molecule has 2 aliphatic rings. The number of hydrogen-bond acceptors (Lipinski definition) is 3. The van der Waals surface area contributed by atoms with E-state index in [0.717, 1.165) is 32.1 Å². The quantitative estimate of drug-likeness (QED) is 0.865. The maximum Gasteiger partial charge on any atom is 0.248 e. The zero-order chi connectivity index (χ0) is 14.8. The molecule has 1 aliphatic heterocycles. The van der Waals surface area contributed by atoms with Crippen molar-refractivity contribution in [2.24, 2.45) is 0 Å². The molecule has 5 heteroatoms. The van der Waals surface area contributed by atoms with Gasteiger partial charge in [-0.3, -0.25) is 9.59 Å². The molecule has 0 radical (unpaired) electrons. The van der Waals surface area contributed by atoms with Crippen LogP contribution in [0.1, 0.15) is 52.4 Å². The van der Waals surface area contributed by atoms with Crippen LogP contribution in [-0.2, 0) is 9.59 Å². The van der Waals surface area contributed by atoms with Gasteiger partial charge in [0, 0.05) is 11.8 Å². The second kappa shape index (κ2) is 6.37. The Bertz CT molecular complexity index is 380. The van der Waals surface area contributed by atoms with Gasteiger partial charge < -0.3 is 10.2 Å². The first-order valence-electron chi connectivity index (χ1n) is 7.66. The molecule has 2 rings (SSSR count). The molecular formula is C15H26N2O2S. The molecule has 1 heterocycles. The van der Waals surface area contributed by atoms with E-state index in [-0.39, 0.29) is 17.9 Å². The monoisotopic (exact) mass is 298 g/mol. The fourth-order valence-electron chi connectivity index (χ4n) is 3.21. The van der Waals surface area contributed by atoms with Gasteiger partial charge in [0.1, 0.15) is 11.6 Å². The molecule has 0 aromatic heterocycles. The zero-order valence-electron chi connectivity index (χ0n) is 12.8. The van der Waals surface area contributed by atoms with Crippen LogP contribution in [0.15, 0.2) is 0 Å². The Labute approximate surface area is 126 Å². The highest BCUT2D eigenvalue weighted by Crippen LogP contribution is 2.33. The molecule has 1 saturated carbocycles. The van der Waals surface area contributed by atoms with E-state index in [4.69, 9.17) is 0 Å². The van der Waals surface area contributed by atoms with E-state index in [9.17, 15) is 9.59 Å². The average Bonchev–Trinajstić information content (AvgIpc) is 2.46. The molecule has 2 amide bonds. The summed E-state index contributed by atoms with van der Waals surface area (Å²) in [6, 6.07) is -0.330. The lowest BCUT2D eigenvalue weighted by Crippen LogP contribution is -2.70. The Morgan fingerprint density at radius 1 is 1.35 bits per heavy atom. The summed E-state index contributed by atoms with van der Waals surface area (Å²) in [5.74, 6) is 0.168. The summed E-state index contributed by atoms with van der Waals surface area (Å²) in [5, 5.41) is 3.54. The summed E-state index contributed by atoms with van der Waals surface area (Å²) in [5.41, 5.74) is -0.593. The lowest BCUT2D eigenvalue weighted by molar-refractivity contribution is -0.156. The van der Waals surface area contributed by atoms with Crippen LogP contribution in [0.3, 0.4) is 0 Å². The molecular weight excluding hydrogens is 272 g/mol. The first-order valence-corrected chi connectivity index (χ1v) is 8.95. The summed E-state index contributed by atoms with van der Waals surface area (Å²) in [6.07, 6.45) is 7.88. The van der Waals surface area contributed by atoms with Crippen molar-refractivity contribution in [1.29, 1.82) is 0 Å². The van der Waals surface area contributed by atoms with Crippen LogP contribution in [0.5, 0.6) is 0 Å². The van der Waals surface area contributed by atoms with Crippen molar-refractivity contribution in [2.75, 3.05) is 12.8 Å². The maximum atomic E-state index is 12.9. The Hall–Kier alpha value is -0.710. The molecule has 0 aromatic rings. The second-order valence-corrected chi connectivity index (χ2v) is 7.42. The Morgan fingerprint density at radius 2 is 2.00 bits per heavy atom. The van der Waals surface area contributed by atoms with Crippen molar-refractivity contribution in [3.63, 3.8) is 0 Å². The van der Waals surface area contributed by atoms with Crippen LogP contribution in [0.2, 0.25) is 0 Å². The van der Waals surface area contributed by atoms with Gasteiger partial charge in [0.05, 0.1) is 0 Å². The number of nitrogens with one attached hydrogen (secondary N) is 1. The normalized spacial score (nSPS) is 27.6. The van der Waals surface area contributed by atoms with Crippen LogP contribution in [0, 0.1) is 0 Å². The van der Waals surface area contributed by atoms with E-state index in [1.54, 1.807) is 11.8 Å². The van der Waals surface area contributed by atoms with Crippen LogP contribution >= 0.6 is 11.8 Å². The number of thioether (sulfide) groups is 1. The molecule has 2 atom stereocenters. The fourth-order valence-corrected chi connectivity index (χ4v) is 3.56. The predicted molar refractivity (Wildman–Crippen MR) is 82.7 cm³/mol. The van der Waals surface area contributed by atoms with Gasteiger partial charge in [-0.15, -0.1) is 0 Å². The fraction of sp³-hybridized carbons (Fsp3) is 0.867. The van der Waals surface area contributed by atoms with Gasteiger partial charge in [-0.1, -0.05) is 26.2 Å². The minimum absolute atomic E-state index is 0.0169. The van der Waals surface area contributed by atoms with Gasteiger partial charge >= 0.3 is 0 Å². The van der Waals surface area contributed by atoms with Crippen molar-refractivity contribution in [3.8, 4) is 0 Å². The highest BCUT2D eigenvalue weighted by Gasteiger charge is 2.49. The van der Waals surface area contributed by atoms with Crippen molar-refractivity contribution in [1.82, 2.24) is 10.2 Å². The van der Waals surface area contributed by atoms with Crippen molar-refractivity contribution in [2.45, 2.75) is 69.2 Å². The standard InChI is InChI=1S/C15H26N2O2S/c1-11(20-3)7-10-17-12(2)13(18)16-15(14(17)19)8-5-4-6-9-15/h11-12H,4-10H2,1-3H3,(H,16,18). The molecule has 1 spiro atoms. The lowest BCUT2D eigenvalue weighted by atomic mass is 9.78. The van der Waals surface area contributed by atoms with Gasteiger partial charge in [-0.2, -0.15) is 11.8 Å². The van der Waals surface area contributed by atoms with Crippen molar-refractivity contribution >= 4 is 23.6 Å². The Balaban J connectivity index is 2.11. The van der Waals surface area contributed by atoms with E-state index in [0.29, 0.717) is 11.8 Å². The van der Waals surface area contributed by atoms with E-state index >= 15 is 0 Å². The van der Waals surface area contributed by atoms with E-state index < -0.39 is 5.54 Å². The first-order chi connectivity index (χ1) is 9.50. The summed E-state index contributed by atoms with van der Waals surface area (Å²) >= 11 is 1.81. The van der Waals surface area contributed by atoms with Crippen LogP contribution in [-0.4, -0.2) is 46.3 Å². The van der Waals surface area contributed by atoms with Crippen molar-refractivity contribution in [3.05, 3.63) is 0 Å². The van der Waals surface area contributed by atoms with E-state index in [1.807, 2.05) is 11.8 Å². The lowest BCUT2D eigenvalue weighted by Gasteiger charge is -2.47. The minimum atomic E-state index is -0.593. The molecule has 4 nitrogen and oxygen atoms in total. The highest BCUT2D eigenvalue weighted by atomic mass is 32.2. The molecule has 1 N–H and O–H groups in total. The van der Waals surface area contributed by atoms with Crippen LogP contribution in [0.25, 0.3) is 0 Å². The van der Waals surface area contributed by atoms with Crippen molar-refractivity contribution < 1.29 is 9.59 Å². The molecule has 1 aliphatic carbocycles. The number of rotatable bonds is 4. The molecule has 20 heavy (non-hydrogen) atoms. The van der Waals surface area contributed by atoms with Gasteiger partial charge in [-0.25, -0.2) is 0 Å². The van der Waals surface area contributed by atoms with Crippen LogP contribution < -0.4 is 5.32 Å². The molecule has 114 valence electrons. The predicted octanol–water partition coefficient (Wildman–Crippen LogP) is 2.18. The highest BCUT2D eigenvalue weighted by molar-refractivity contribution is 7.99. The summed E-state index contributed by atoms with van der Waals surface area (Å²) in [7, 11) is 0. The third-order valence-corrected chi connectivity index (χ3v) is 5.81. The SMILES string of the molecule is CSC(C)CCN1C(=O)C2(CCCCC2)NC(=O)C1C. The number of nitrogens with zero attached hydrogens (tertiary/aromatic N) is 1. The Morgan fingerprint density at radius 3 is 2.60 bits per heavy atom. The van der Waals surface area contributed by atoms with E-state index in [1.165, 1.54) is 6.42 Å². The molecule has 2 unspecified atom stereocenters. The first kappa shape index (κ1) is 15.7. The average molecular weight is 298 g/mol. The summed E-state index contributed by atoms with van der Waals surface area (Å²) in [4.78, 5) is 26.9. The number of hydrogen-bond donors (Lipinski definition) is 1. The number of piperazine rings is 1. The maximum absolute atomic E-state index is 12.9. The second-order valence-electron chi connectivity index (χ2n) is 6.14. The van der Waals surface area contributed by atoms with E-state index in [2.05, 4.69) is 18.5 Å². The smallest absolute Gasteiger partial charge is 0.248 e. The number of carbonyl (C=O) groups excluding carboxylic acids is 2. The third kappa shape index (κ3) is 2.97. The number of carbonyl (C=O) groups is 2. The molecule has 0 bridgehead atoms. The summed E-state index contributed by atoms with van der Waals surface area (Å²) in [6.45, 7) is 4.70. The number of amides is 2. The molecule has 1 saturated heterocycles. The molecule has 0 aromatic carbocycles. The molecule has 2 fully saturated rings. The largest absolute Gasteiger partial charge is 0.340 e. The summed E-state index contributed by atoms with van der Waals surface area (Å²) < 4.78 is 0. The topological polar surface area (TPSA) is 49.4 Å². The van der Waals surface area contributed by atoms with Gasteiger partial charge in [0.2, 0.25) is 11.8 Å². The van der Waals surface area contributed by atoms with Gasteiger partial charge in [0.15, 0.2) is 0 Å².